The molecule has 3 nitrogen and oxygen atoms in total. The van der Waals surface area contributed by atoms with Crippen LogP contribution in [0.4, 0.5) is 14.7 Å². The first kappa shape index (κ1) is 13.6. The van der Waals surface area contributed by atoms with Gasteiger partial charge in [-0.3, -0.25) is 0 Å². The summed E-state index contributed by atoms with van der Waals surface area (Å²) in [5, 5.41) is 4.15. The van der Waals surface area contributed by atoms with E-state index in [1.807, 2.05) is 0 Å². The highest BCUT2D eigenvalue weighted by Gasteiger charge is 2.20. The van der Waals surface area contributed by atoms with Gasteiger partial charge in [0, 0.05) is 10.6 Å². The highest BCUT2D eigenvalue weighted by Crippen LogP contribution is 2.37. The van der Waals surface area contributed by atoms with Crippen molar-refractivity contribution >= 4 is 17.5 Å². The molecule has 1 aromatic heterocycles. The summed E-state index contributed by atoms with van der Waals surface area (Å²) in [5.41, 5.74) is 7.12. The predicted molar refractivity (Wildman–Crippen MR) is 76.7 cm³/mol. The Labute approximate surface area is 123 Å². The van der Waals surface area contributed by atoms with E-state index in [0.717, 1.165) is 0 Å². The summed E-state index contributed by atoms with van der Waals surface area (Å²) in [6, 6.07) is 9.69. The van der Waals surface area contributed by atoms with E-state index < -0.39 is 5.82 Å². The first-order chi connectivity index (χ1) is 10.1. The lowest BCUT2D eigenvalue weighted by Gasteiger charge is -2.04. The molecule has 0 radical (unpaired) electrons. The number of nitrogens with two attached hydrogens (primary N) is 1. The Balaban J connectivity index is 2.21. The molecule has 2 N–H and O–H groups in total. The zero-order chi connectivity index (χ0) is 15.0. The molecule has 0 saturated carbocycles. The third-order valence-electron chi connectivity index (χ3n) is 3.03. The monoisotopic (exact) mass is 306 g/mol. The average Bonchev–Trinajstić information content (AvgIpc) is 2.84. The normalized spacial score (nSPS) is 10.8. The third-order valence-corrected chi connectivity index (χ3v) is 3.27. The number of halogens is 3. The van der Waals surface area contributed by atoms with Gasteiger partial charge in [0.15, 0.2) is 0 Å². The fraction of sp³-hybridized carbons (Fsp3) is 0. The molecule has 0 bridgehead atoms. The summed E-state index contributed by atoms with van der Waals surface area (Å²) < 4.78 is 32.0. The largest absolute Gasteiger partial charge is 0.367 e. The van der Waals surface area contributed by atoms with Crippen LogP contribution < -0.4 is 5.73 Å². The molecule has 2 aromatic carbocycles. The summed E-state index contributed by atoms with van der Waals surface area (Å²) in [6.07, 6.45) is 0. The zero-order valence-electron chi connectivity index (χ0n) is 10.6. The van der Waals surface area contributed by atoms with Crippen LogP contribution in [0.1, 0.15) is 0 Å². The van der Waals surface area contributed by atoms with E-state index in [1.165, 1.54) is 42.5 Å². The lowest BCUT2D eigenvalue weighted by atomic mass is 10.0. The first-order valence-electron chi connectivity index (χ1n) is 6.03. The number of hydrogen-bond donors (Lipinski definition) is 1. The Morgan fingerprint density at radius 2 is 1.76 bits per heavy atom. The number of benzene rings is 2. The highest BCUT2D eigenvalue weighted by atomic mass is 35.5. The van der Waals surface area contributed by atoms with Gasteiger partial charge < -0.3 is 10.3 Å². The maximum Gasteiger partial charge on any atom is 0.230 e. The minimum atomic E-state index is -0.504. The molecule has 3 aromatic rings. The fourth-order valence-corrected chi connectivity index (χ4v) is 2.23. The van der Waals surface area contributed by atoms with Crippen LogP contribution >= 0.6 is 11.6 Å². The molecule has 0 aliphatic rings. The molecule has 0 unspecified atom stereocenters. The van der Waals surface area contributed by atoms with Crippen molar-refractivity contribution in [2.75, 3.05) is 5.73 Å². The van der Waals surface area contributed by atoms with E-state index in [0.29, 0.717) is 16.1 Å². The van der Waals surface area contributed by atoms with Crippen molar-refractivity contribution in [1.82, 2.24) is 5.16 Å². The Bertz CT molecular complexity index is 800. The van der Waals surface area contributed by atoms with Crippen molar-refractivity contribution in [1.29, 1.82) is 0 Å². The van der Waals surface area contributed by atoms with E-state index in [-0.39, 0.29) is 23.0 Å². The molecule has 21 heavy (non-hydrogen) atoms. The summed E-state index contributed by atoms with van der Waals surface area (Å²) in [4.78, 5) is 0. The number of nitrogen functional groups attached to an aromatic ring is 1. The molecule has 0 fully saturated rings. The van der Waals surface area contributed by atoms with Gasteiger partial charge in [-0.1, -0.05) is 28.9 Å². The highest BCUT2D eigenvalue weighted by molar-refractivity contribution is 6.30. The second-order valence-electron chi connectivity index (χ2n) is 4.40. The topological polar surface area (TPSA) is 52.0 Å². The van der Waals surface area contributed by atoms with Gasteiger partial charge in [0.1, 0.15) is 17.3 Å². The molecular formula is C15H9ClF2N2O. The first-order valence-corrected chi connectivity index (χ1v) is 6.40. The smallest absolute Gasteiger partial charge is 0.230 e. The molecule has 3 rings (SSSR count). The van der Waals surface area contributed by atoms with E-state index in [2.05, 4.69) is 5.16 Å². The van der Waals surface area contributed by atoms with Gasteiger partial charge in [-0.25, -0.2) is 8.78 Å². The third kappa shape index (κ3) is 2.48. The molecule has 0 aliphatic carbocycles. The van der Waals surface area contributed by atoms with Gasteiger partial charge in [0.25, 0.3) is 0 Å². The van der Waals surface area contributed by atoms with Crippen LogP contribution in [-0.4, -0.2) is 5.16 Å². The van der Waals surface area contributed by atoms with Gasteiger partial charge in [0.2, 0.25) is 5.88 Å². The Morgan fingerprint density at radius 3 is 2.48 bits per heavy atom. The van der Waals surface area contributed by atoms with Crippen molar-refractivity contribution in [2.24, 2.45) is 0 Å². The van der Waals surface area contributed by atoms with Crippen molar-refractivity contribution in [3.05, 3.63) is 59.1 Å². The van der Waals surface area contributed by atoms with Gasteiger partial charge in [0.05, 0.1) is 5.56 Å². The summed E-state index contributed by atoms with van der Waals surface area (Å²) in [7, 11) is 0. The molecule has 0 aliphatic heterocycles. The van der Waals surface area contributed by atoms with E-state index >= 15 is 0 Å². The van der Waals surface area contributed by atoms with Gasteiger partial charge in [-0.2, -0.15) is 0 Å². The SMILES string of the molecule is Nc1onc(-c2cc(Cl)ccc2F)c1-c1ccc(F)cc1. The van der Waals surface area contributed by atoms with Crippen LogP contribution in [0.15, 0.2) is 47.0 Å². The summed E-state index contributed by atoms with van der Waals surface area (Å²) in [6.45, 7) is 0. The Morgan fingerprint density at radius 1 is 1.05 bits per heavy atom. The van der Waals surface area contributed by atoms with Crippen LogP contribution in [-0.2, 0) is 0 Å². The lowest BCUT2D eigenvalue weighted by molar-refractivity contribution is 0.439. The van der Waals surface area contributed by atoms with Crippen molar-refractivity contribution in [2.45, 2.75) is 0 Å². The van der Waals surface area contributed by atoms with Crippen molar-refractivity contribution < 1.29 is 13.3 Å². The molecule has 0 atom stereocenters. The van der Waals surface area contributed by atoms with Gasteiger partial charge in [-0.15, -0.1) is 0 Å². The van der Waals surface area contributed by atoms with E-state index in [1.54, 1.807) is 0 Å². The fourth-order valence-electron chi connectivity index (χ4n) is 2.06. The van der Waals surface area contributed by atoms with E-state index in [9.17, 15) is 8.78 Å². The maximum absolute atomic E-state index is 14.0. The summed E-state index contributed by atoms with van der Waals surface area (Å²) in [5.74, 6) is -0.865. The number of nitrogens with zero attached hydrogens (tertiary/aromatic N) is 1. The molecule has 0 spiro atoms. The number of anilines is 1. The van der Waals surface area contributed by atoms with Gasteiger partial charge in [-0.05, 0) is 35.9 Å². The second kappa shape index (κ2) is 5.18. The molecular weight excluding hydrogens is 298 g/mol. The molecule has 106 valence electrons. The summed E-state index contributed by atoms with van der Waals surface area (Å²) >= 11 is 5.89. The average molecular weight is 307 g/mol. The van der Waals surface area contributed by atoms with Crippen molar-refractivity contribution in [3.8, 4) is 22.4 Å². The zero-order valence-corrected chi connectivity index (χ0v) is 11.4. The van der Waals surface area contributed by atoms with E-state index in [4.69, 9.17) is 21.9 Å². The molecule has 0 saturated heterocycles. The van der Waals surface area contributed by atoms with Crippen LogP contribution in [0.5, 0.6) is 0 Å². The van der Waals surface area contributed by atoms with Crippen LogP contribution in [0.3, 0.4) is 0 Å². The molecule has 6 heteroatoms. The Kier molecular flexibility index (Phi) is 3.35. The number of aromatic nitrogens is 1. The van der Waals surface area contributed by atoms with Crippen LogP contribution in [0, 0.1) is 11.6 Å². The lowest BCUT2D eigenvalue weighted by Crippen LogP contribution is -1.90. The minimum Gasteiger partial charge on any atom is -0.367 e. The van der Waals surface area contributed by atoms with Crippen LogP contribution in [0.2, 0.25) is 5.02 Å². The Hall–Kier alpha value is -2.40. The number of hydrogen-bond acceptors (Lipinski definition) is 3. The number of rotatable bonds is 2. The van der Waals surface area contributed by atoms with Crippen molar-refractivity contribution in [3.63, 3.8) is 0 Å². The van der Waals surface area contributed by atoms with Crippen LogP contribution in [0.25, 0.3) is 22.4 Å². The van der Waals surface area contributed by atoms with Gasteiger partial charge >= 0.3 is 0 Å². The minimum absolute atomic E-state index is 0.0241. The molecule has 0 amide bonds. The second-order valence-corrected chi connectivity index (χ2v) is 4.84. The maximum atomic E-state index is 14.0. The predicted octanol–water partition coefficient (Wildman–Crippen LogP) is 4.52. The standard InChI is InChI=1S/C15H9ClF2N2O/c16-9-3-6-12(18)11(7-9)14-13(15(19)21-20-14)8-1-4-10(17)5-2-8/h1-7H,19H2. The molecule has 1 heterocycles. The quantitative estimate of drug-likeness (QED) is 0.757.